The number of carbonyl (C=O) groups is 2. The van der Waals surface area contributed by atoms with E-state index in [-0.39, 0.29) is 17.9 Å². The lowest BCUT2D eigenvalue weighted by Gasteiger charge is -2.31. The molecule has 1 fully saturated rings. The summed E-state index contributed by atoms with van der Waals surface area (Å²) in [4.78, 5) is 29.1. The van der Waals surface area contributed by atoms with Crippen LogP contribution in [0.15, 0.2) is 41.8 Å². The second kappa shape index (κ2) is 9.71. The number of amides is 2. The van der Waals surface area contributed by atoms with Crippen molar-refractivity contribution in [1.82, 2.24) is 10.2 Å². The molecule has 1 aliphatic rings. The minimum atomic E-state index is 0.0161. The standard InChI is InChI=1S/C21H27N3O3S/c1-16(12-19-4-3-11-28-19)24(13-17-5-7-18(27-2)8-6-17)21(26)15-23-10-9-22-20(25)14-23/h3-8,11,16H,9-10,12-15H2,1-2H3,(H,22,25)/p+1/t16-/m0/s1. The molecular formula is C21H28N3O3S+. The molecule has 3 rings (SSSR count). The van der Waals surface area contributed by atoms with Gasteiger partial charge in [-0.25, -0.2) is 0 Å². The third-order valence-corrected chi connectivity index (χ3v) is 5.95. The molecule has 2 amide bonds. The van der Waals surface area contributed by atoms with E-state index in [1.807, 2.05) is 35.2 Å². The van der Waals surface area contributed by atoms with Crippen LogP contribution in [0.3, 0.4) is 0 Å². The zero-order valence-electron chi connectivity index (χ0n) is 16.4. The first-order valence-electron chi connectivity index (χ1n) is 9.60. The van der Waals surface area contributed by atoms with Crippen LogP contribution in [0.1, 0.15) is 17.4 Å². The molecule has 1 aliphatic heterocycles. The highest BCUT2D eigenvalue weighted by Gasteiger charge is 2.27. The molecule has 1 aromatic heterocycles. The van der Waals surface area contributed by atoms with Gasteiger partial charge in [0.2, 0.25) is 0 Å². The van der Waals surface area contributed by atoms with Gasteiger partial charge >= 0.3 is 0 Å². The highest BCUT2D eigenvalue weighted by molar-refractivity contribution is 7.09. The summed E-state index contributed by atoms with van der Waals surface area (Å²) in [6.45, 7) is 4.77. The lowest BCUT2D eigenvalue weighted by Crippen LogP contribution is -3.16. The van der Waals surface area contributed by atoms with Gasteiger partial charge in [-0.1, -0.05) is 18.2 Å². The number of benzene rings is 1. The molecule has 1 aromatic carbocycles. The molecule has 7 heteroatoms. The third kappa shape index (κ3) is 5.56. The van der Waals surface area contributed by atoms with Gasteiger partial charge < -0.3 is 19.9 Å². The lowest BCUT2D eigenvalue weighted by atomic mass is 10.1. The molecule has 0 saturated carbocycles. The Morgan fingerprint density at radius 2 is 2.11 bits per heavy atom. The zero-order valence-corrected chi connectivity index (χ0v) is 17.3. The first-order valence-corrected chi connectivity index (χ1v) is 10.5. The first-order chi connectivity index (χ1) is 13.5. The number of piperazine rings is 1. The summed E-state index contributed by atoms with van der Waals surface area (Å²) in [5.74, 6) is 0.906. The molecule has 0 aliphatic carbocycles. The Labute approximate surface area is 170 Å². The Balaban J connectivity index is 1.71. The smallest absolute Gasteiger partial charge is 0.278 e. The van der Waals surface area contributed by atoms with Crippen molar-refractivity contribution in [3.05, 3.63) is 52.2 Å². The average Bonchev–Trinajstić information content (AvgIpc) is 3.19. The van der Waals surface area contributed by atoms with E-state index in [2.05, 4.69) is 23.7 Å². The molecule has 0 spiro atoms. The fourth-order valence-electron chi connectivity index (χ4n) is 3.47. The normalized spacial score (nSPS) is 17.6. The fraction of sp³-hybridized carbons (Fsp3) is 0.429. The van der Waals surface area contributed by atoms with Gasteiger partial charge in [-0.3, -0.25) is 9.59 Å². The average molecular weight is 403 g/mol. The number of rotatable bonds is 8. The predicted molar refractivity (Wildman–Crippen MR) is 110 cm³/mol. The maximum Gasteiger partial charge on any atom is 0.278 e. The summed E-state index contributed by atoms with van der Waals surface area (Å²) in [6.07, 6.45) is 0.829. The first kappa shape index (κ1) is 20.4. The molecule has 1 saturated heterocycles. The van der Waals surface area contributed by atoms with Crippen LogP contribution in [0.5, 0.6) is 5.75 Å². The van der Waals surface area contributed by atoms with Crippen LogP contribution in [0.25, 0.3) is 0 Å². The van der Waals surface area contributed by atoms with Gasteiger partial charge in [-0.2, -0.15) is 0 Å². The van der Waals surface area contributed by atoms with Gasteiger partial charge in [0.05, 0.1) is 20.2 Å². The Hall–Kier alpha value is -2.38. The van der Waals surface area contributed by atoms with E-state index in [4.69, 9.17) is 4.74 Å². The van der Waals surface area contributed by atoms with Crippen LogP contribution in [-0.2, 0) is 22.6 Å². The highest BCUT2D eigenvalue weighted by Crippen LogP contribution is 2.18. The summed E-state index contributed by atoms with van der Waals surface area (Å²) in [5, 5.41) is 4.89. The molecule has 2 atom stereocenters. The fourth-order valence-corrected chi connectivity index (χ4v) is 4.30. The molecule has 28 heavy (non-hydrogen) atoms. The van der Waals surface area contributed by atoms with Crippen molar-refractivity contribution in [2.45, 2.75) is 25.9 Å². The summed E-state index contributed by atoms with van der Waals surface area (Å²) in [5.41, 5.74) is 1.07. The van der Waals surface area contributed by atoms with Crippen molar-refractivity contribution in [1.29, 1.82) is 0 Å². The number of nitrogens with zero attached hydrogens (tertiary/aromatic N) is 1. The van der Waals surface area contributed by atoms with E-state index in [0.29, 0.717) is 26.2 Å². The number of ether oxygens (including phenoxy) is 1. The van der Waals surface area contributed by atoms with Crippen LogP contribution >= 0.6 is 11.3 Å². The molecule has 6 nitrogen and oxygen atoms in total. The summed E-state index contributed by atoms with van der Waals surface area (Å²) >= 11 is 1.71. The van der Waals surface area contributed by atoms with Gasteiger partial charge in [-0.05, 0) is 36.1 Å². The minimum absolute atomic E-state index is 0.0161. The van der Waals surface area contributed by atoms with Gasteiger partial charge in [0.25, 0.3) is 11.8 Å². The molecule has 2 N–H and O–H groups in total. The van der Waals surface area contributed by atoms with Crippen molar-refractivity contribution in [3.8, 4) is 5.75 Å². The van der Waals surface area contributed by atoms with Crippen molar-refractivity contribution in [2.75, 3.05) is 33.3 Å². The van der Waals surface area contributed by atoms with E-state index in [1.54, 1.807) is 18.4 Å². The molecule has 1 unspecified atom stereocenters. The van der Waals surface area contributed by atoms with Gasteiger partial charge in [0.1, 0.15) is 5.75 Å². The van der Waals surface area contributed by atoms with Crippen molar-refractivity contribution in [3.63, 3.8) is 0 Å². The molecule has 0 bridgehead atoms. The maximum atomic E-state index is 13.2. The molecule has 150 valence electrons. The van der Waals surface area contributed by atoms with Crippen LogP contribution < -0.4 is 15.0 Å². The predicted octanol–water partition coefficient (Wildman–Crippen LogP) is 0.731. The maximum absolute atomic E-state index is 13.2. The van der Waals surface area contributed by atoms with Crippen LogP contribution in [0.4, 0.5) is 0 Å². The van der Waals surface area contributed by atoms with Crippen molar-refractivity contribution < 1.29 is 19.2 Å². The number of nitrogens with one attached hydrogen (secondary N) is 2. The Morgan fingerprint density at radius 3 is 2.75 bits per heavy atom. The monoisotopic (exact) mass is 402 g/mol. The molecule has 2 aromatic rings. The van der Waals surface area contributed by atoms with E-state index in [9.17, 15) is 9.59 Å². The van der Waals surface area contributed by atoms with E-state index < -0.39 is 0 Å². The highest BCUT2D eigenvalue weighted by atomic mass is 32.1. The quantitative estimate of drug-likeness (QED) is 0.684. The molecule has 0 radical (unpaired) electrons. The lowest BCUT2D eigenvalue weighted by molar-refractivity contribution is -0.885. The van der Waals surface area contributed by atoms with Crippen molar-refractivity contribution >= 4 is 23.2 Å². The van der Waals surface area contributed by atoms with Gasteiger partial charge in [-0.15, -0.1) is 11.3 Å². The van der Waals surface area contributed by atoms with E-state index >= 15 is 0 Å². The number of hydrogen-bond acceptors (Lipinski definition) is 4. The zero-order chi connectivity index (χ0) is 19.9. The number of thiophene rings is 1. The van der Waals surface area contributed by atoms with Crippen molar-refractivity contribution in [2.24, 2.45) is 0 Å². The largest absolute Gasteiger partial charge is 0.497 e. The number of carbonyl (C=O) groups excluding carboxylic acids is 2. The summed E-state index contributed by atoms with van der Waals surface area (Å²) < 4.78 is 5.23. The van der Waals surface area contributed by atoms with Gasteiger partial charge in [0.15, 0.2) is 13.1 Å². The van der Waals surface area contributed by atoms with E-state index in [1.165, 1.54) is 4.88 Å². The minimum Gasteiger partial charge on any atom is -0.497 e. The Kier molecular flexibility index (Phi) is 7.06. The number of methoxy groups -OCH3 is 1. The number of hydrogen-bond donors (Lipinski definition) is 2. The topological polar surface area (TPSA) is 63.1 Å². The Morgan fingerprint density at radius 1 is 1.32 bits per heavy atom. The SMILES string of the molecule is COc1ccc(CN(C(=O)C[NH+]2CCNC(=O)C2)[C@@H](C)Cc2cccs2)cc1. The van der Waals surface area contributed by atoms with E-state index in [0.717, 1.165) is 29.2 Å². The second-order valence-corrected chi connectivity index (χ2v) is 8.24. The van der Waals surface area contributed by atoms with Crippen LogP contribution in [-0.4, -0.2) is 56.0 Å². The van der Waals surface area contributed by atoms with Gasteiger partial charge in [0, 0.05) is 23.9 Å². The summed E-state index contributed by atoms with van der Waals surface area (Å²) in [6, 6.07) is 12.1. The molecule has 2 heterocycles. The van der Waals surface area contributed by atoms with Crippen LogP contribution in [0.2, 0.25) is 0 Å². The summed E-state index contributed by atoms with van der Waals surface area (Å²) in [7, 11) is 1.64. The van der Waals surface area contributed by atoms with Crippen LogP contribution in [0, 0.1) is 0 Å². The molecular weight excluding hydrogens is 374 g/mol. The Bertz CT molecular complexity index is 777. The third-order valence-electron chi connectivity index (χ3n) is 5.05. The second-order valence-electron chi connectivity index (χ2n) is 7.21. The number of quaternary nitrogens is 1.